The fourth-order valence-corrected chi connectivity index (χ4v) is 3.73. The number of rotatable bonds is 6. The Morgan fingerprint density at radius 3 is 2.61 bits per heavy atom. The SMILES string of the molecule is Cc1nc(COc2ccc(C(=O)Nc3ccc(N4CCCC4)nc3)cc2)cs1. The predicted octanol–water partition coefficient (Wildman–Crippen LogP) is 4.28. The molecule has 28 heavy (non-hydrogen) atoms. The zero-order valence-corrected chi connectivity index (χ0v) is 16.5. The molecule has 1 aromatic carbocycles. The van der Waals surface area contributed by atoms with Crippen LogP contribution in [0.25, 0.3) is 0 Å². The Morgan fingerprint density at radius 1 is 1.18 bits per heavy atom. The molecule has 0 radical (unpaired) electrons. The number of amides is 1. The van der Waals surface area contributed by atoms with Gasteiger partial charge in [0.05, 0.1) is 22.6 Å². The molecule has 0 spiro atoms. The minimum atomic E-state index is -0.169. The Bertz CT molecular complexity index is 932. The summed E-state index contributed by atoms with van der Waals surface area (Å²) < 4.78 is 5.72. The standard InChI is InChI=1S/C21H22N4O2S/c1-15-23-18(14-28-15)13-27-19-7-4-16(5-8-19)21(26)24-17-6-9-20(22-12-17)25-10-2-3-11-25/h4-9,12,14H,2-3,10-11,13H2,1H3,(H,24,26). The number of aromatic nitrogens is 2. The highest BCUT2D eigenvalue weighted by Gasteiger charge is 2.13. The monoisotopic (exact) mass is 394 g/mol. The zero-order valence-electron chi connectivity index (χ0n) is 15.7. The fraction of sp³-hybridized carbons (Fsp3) is 0.286. The maximum absolute atomic E-state index is 12.4. The van der Waals surface area contributed by atoms with Crippen LogP contribution in [0.5, 0.6) is 5.75 Å². The van der Waals surface area contributed by atoms with Gasteiger partial charge in [0.15, 0.2) is 0 Å². The largest absolute Gasteiger partial charge is 0.487 e. The van der Waals surface area contributed by atoms with E-state index in [-0.39, 0.29) is 5.91 Å². The Labute approximate surface area is 168 Å². The van der Waals surface area contributed by atoms with E-state index in [2.05, 4.69) is 20.2 Å². The highest BCUT2D eigenvalue weighted by atomic mass is 32.1. The fourth-order valence-electron chi connectivity index (χ4n) is 3.13. The number of nitrogens with one attached hydrogen (secondary N) is 1. The average molecular weight is 395 g/mol. The first kappa shape index (κ1) is 18.4. The lowest BCUT2D eigenvalue weighted by Gasteiger charge is -2.16. The van der Waals surface area contributed by atoms with Crippen molar-refractivity contribution in [1.82, 2.24) is 9.97 Å². The Hall–Kier alpha value is -2.93. The van der Waals surface area contributed by atoms with Crippen molar-refractivity contribution in [1.29, 1.82) is 0 Å². The van der Waals surface area contributed by atoms with Crippen LogP contribution in [0.3, 0.4) is 0 Å². The van der Waals surface area contributed by atoms with Gasteiger partial charge in [0.25, 0.3) is 5.91 Å². The summed E-state index contributed by atoms with van der Waals surface area (Å²) in [6.45, 7) is 4.49. The van der Waals surface area contributed by atoms with Crippen LogP contribution < -0.4 is 15.0 Å². The molecule has 3 aromatic rings. The van der Waals surface area contributed by atoms with Gasteiger partial charge >= 0.3 is 0 Å². The van der Waals surface area contributed by atoms with Crippen LogP contribution in [0, 0.1) is 6.92 Å². The minimum absolute atomic E-state index is 0.169. The van der Waals surface area contributed by atoms with Crippen LogP contribution in [0.4, 0.5) is 11.5 Å². The first-order valence-corrected chi connectivity index (χ1v) is 10.2. The first-order chi connectivity index (χ1) is 13.7. The van der Waals surface area contributed by atoms with E-state index >= 15 is 0 Å². The van der Waals surface area contributed by atoms with Crippen molar-refractivity contribution in [2.45, 2.75) is 26.4 Å². The van der Waals surface area contributed by atoms with Crippen LogP contribution >= 0.6 is 11.3 Å². The number of thiazole rings is 1. The number of hydrogen-bond donors (Lipinski definition) is 1. The second-order valence-electron chi connectivity index (χ2n) is 6.72. The predicted molar refractivity (Wildman–Crippen MR) is 111 cm³/mol. The third kappa shape index (κ3) is 4.48. The van der Waals surface area contributed by atoms with Crippen molar-refractivity contribution in [2.24, 2.45) is 0 Å². The van der Waals surface area contributed by atoms with Gasteiger partial charge in [-0.15, -0.1) is 11.3 Å². The summed E-state index contributed by atoms with van der Waals surface area (Å²) in [6.07, 6.45) is 4.13. The number of nitrogens with zero attached hydrogens (tertiary/aromatic N) is 3. The molecule has 0 saturated carbocycles. The van der Waals surface area contributed by atoms with Crippen molar-refractivity contribution in [2.75, 3.05) is 23.3 Å². The van der Waals surface area contributed by atoms with E-state index in [0.717, 1.165) is 29.6 Å². The Balaban J connectivity index is 1.32. The van der Waals surface area contributed by atoms with E-state index in [1.165, 1.54) is 12.8 Å². The van der Waals surface area contributed by atoms with Gasteiger partial charge in [-0.3, -0.25) is 4.79 Å². The van der Waals surface area contributed by atoms with Crippen LogP contribution in [0.1, 0.15) is 33.9 Å². The third-order valence-electron chi connectivity index (χ3n) is 4.61. The molecule has 1 saturated heterocycles. The number of hydrogen-bond acceptors (Lipinski definition) is 6. The molecule has 0 unspecified atom stereocenters. The molecule has 1 aliphatic heterocycles. The Kier molecular flexibility index (Phi) is 5.53. The van der Waals surface area contributed by atoms with Crippen molar-refractivity contribution in [3.63, 3.8) is 0 Å². The van der Waals surface area contributed by atoms with Crippen molar-refractivity contribution in [3.8, 4) is 5.75 Å². The molecule has 144 valence electrons. The molecule has 4 rings (SSSR count). The number of carbonyl (C=O) groups excluding carboxylic acids is 1. The number of benzene rings is 1. The Morgan fingerprint density at radius 2 is 1.96 bits per heavy atom. The molecular formula is C21H22N4O2S. The van der Waals surface area contributed by atoms with Crippen LogP contribution in [-0.2, 0) is 6.61 Å². The zero-order chi connectivity index (χ0) is 19.3. The lowest BCUT2D eigenvalue weighted by atomic mass is 10.2. The lowest BCUT2D eigenvalue weighted by Crippen LogP contribution is -2.19. The lowest BCUT2D eigenvalue weighted by molar-refractivity contribution is 0.102. The average Bonchev–Trinajstić information content (AvgIpc) is 3.39. The molecule has 1 aliphatic rings. The van der Waals surface area contributed by atoms with Gasteiger partial charge in [-0.2, -0.15) is 0 Å². The summed E-state index contributed by atoms with van der Waals surface area (Å²) in [7, 11) is 0. The van der Waals surface area contributed by atoms with Crippen molar-refractivity contribution < 1.29 is 9.53 Å². The molecule has 3 heterocycles. The van der Waals surface area contributed by atoms with E-state index in [1.54, 1.807) is 41.8 Å². The summed E-state index contributed by atoms with van der Waals surface area (Å²) in [5.74, 6) is 1.50. The molecule has 0 bridgehead atoms. The van der Waals surface area contributed by atoms with E-state index in [9.17, 15) is 4.79 Å². The molecule has 6 nitrogen and oxygen atoms in total. The van der Waals surface area contributed by atoms with Crippen molar-refractivity contribution in [3.05, 3.63) is 64.2 Å². The topological polar surface area (TPSA) is 67.3 Å². The van der Waals surface area contributed by atoms with E-state index < -0.39 is 0 Å². The second kappa shape index (κ2) is 8.39. The summed E-state index contributed by atoms with van der Waals surface area (Å²) in [4.78, 5) is 23.5. The van der Waals surface area contributed by atoms with Crippen LogP contribution in [0.15, 0.2) is 48.0 Å². The summed E-state index contributed by atoms with van der Waals surface area (Å²) in [6, 6.07) is 10.9. The quantitative estimate of drug-likeness (QED) is 0.676. The number of pyridine rings is 1. The molecule has 2 aromatic heterocycles. The summed E-state index contributed by atoms with van der Waals surface area (Å²) >= 11 is 1.60. The van der Waals surface area contributed by atoms with Gasteiger partial charge in [-0.25, -0.2) is 9.97 Å². The smallest absolute Gasteiger partial charge is 0.255 e. The van der Waals surface area contributed by atoms with E-state index in [0.29, 0.717) is 23.6 Å². The highest BCUT2D eigenvalue weighted by molar-refractivity contribution is 7.09. The summed E-state index contributed by atoms with van der Waals surface area (Å²) in [5, 5.41) is 5.89. The maximum atomic E-state index is 12.4. The normalized spacial score (nSPS) is 13.5. The highest BCUT2D eigenvalue weighted by Crippen LogP contribution is 2.20. The van der Waals surface area contributed by atoms with E-state index in [4.69, 9.17) is 4.74 Å². The third-order valence-corrected chi connectivity index (χ3v) is 5.43. The van der Waals surface area contributed by atoms with Crippen LogP contribution in [-0.4, -0.2) is 29.0 Å². The molecular weight excluding hydrogens is 372 g/mol. The minimum Gasteiger partial charge on any atom is -0.487 e. The number of aryl methyl sites for hydroxylation is 1. The van der Waals surface area contributed by atoms with Gasteiger partial charge in [-0.05, 0) is 56.2 Å². The molecule has 1 N–H and O–H groups in total. The van der Waals surface area contributed by atoms with Gasteiger partial charge in [-0.1, -0.05) is 0 Å². The summed E-state index contributed by atoms with van der Waals surface area (Å²) in [5.41, 5.74) is 2.17. The first-order valence-electron chi connectivity index (χ1n) is 9.33. The van der Waals surface area contributed by atoms with Gasteiger partial charge < -0.3 is 15.0 Å². The van der Waals surface area contributed by atoms with Gasteiger partial charge in [0.1, 0.15) is 18.2 Å². The van der Waals surface area contributed by atoms with E-state index in [1.807, 2.05) is 24.4 Å². The maximum Gasteiger partial charge on any atom is 0.255 e. The molecule has 7 heteroatoms. The van der Waals surface area contributed by atoms with Gasteiger partial charge in [0, 0.05) is 24.0 Å². The van der Waals surface area contributed by atoms with Gasteiger partial charge in [0.2, 0.25) is 0 Å². The molecule has 1 amide bonds. The van der Waals surface area contributed by atoms with Crippen LogP contribution in [0.2, 0.25) is 0 Å². The number of ether oxygens (including phenoxy) is 1. The number of carbonyl (C=O) groups is 1. The molecule has 0 atom stereocenters. The second-order valence-corrected chi connectivity index (χ2v) is 7.79. The molecule has 1 fully saturated rings. The van der Waals surface area contributed by atoms with Crippen molar-refractivity contribution >= 4 is 28.7 Å². The molecule has 0 aliphatic carbocycles. The number of anilines is 2.